The molecule has 258 valence electrons. The number of aromatic nitrogens is 2. The van der Waals surface area contributed by atoms with Crippen LogP contribution in [0, 0.1) is 11.8 Å². The molecule has 2 aromatic carbocycles. The third-order valence-corrected chi connectivity index (χ3v) is 8.67. The molecule has 5 N–H and O–H groups in total. The number of hydrogen-bond donors (Lipinski definition) is 4. The second kappa shape index (κ2) is 12.7. The van der Waals surface area contributed by atoms with Crippen molar-refractivity contribution in [1.82, 2.24) is 20.6 Å². The van der Waals surface area contributed by atoms with E-state index < -0.39 is 23.2 Å². The maximum Gasteiger partial charge on any atom is 0.273 e. The van der Waals surface area contributed by atoms with Crippen molar-refractivity contribution < 1.29 is 28.0 Å². The first-order chi connectivity index (χ1) is 23.2. The fraction of sp³-hybridized carbons (Fsp3) is 0.432. The van der Waals surface area contributed by atoms with Crippen LogP contribution in [-0.2, 0) is 21.4 Å². The Bertz CT molecular complexity index is 1900. The van der Waals surface area contributed by atoms with Gasteiger partial charge in [0.2, 0.25) is 23.6 Å². The SMILES string of the molecule is CC(C)C1NC(=O)CCc2ccc3c(c2)C2(c4ccccc4NC2O3)c2oc1nc2-c1nc(C(=O)NC(C)(C)C)co1.CC(C)CC(N)=O. The number of aryl methyl sites for hydroxylation is 1. The highest BCUT2D eigenvalue weighted by Gasteiger charge is 2.61. The maximum absolute atomic E-state index is 13.1. The maximum atomic E-state index is 13.1. The number of anilines is 1. The molecule has 1 spiro atoms. The lowest BCUT2D eigenvalue weighted by Gasteiger charge is -2.27. The second-order valence-electron chi connectivity index (χ2n) is 14.7. The number of nitrogens with two attached hydrogens (primary N) is 1. The van der Waals surface area contributed by atoms with Crippen LogP contribution in [-0.4, -0.2) is 39.5 Å². The van der Waals surface area contributed by atoms with Crippen LogP contribution < -0.4 is 26.4 Å². The fourth-order valence-corrected chi connectivity index (χ4v) is 6.57. The first-order valence-corrected chi connectivity index (χ1v) is 16.7. The van der Waals surface area contributed by atoms with E-state index in [2.05, 4.69) is 33.1 Å². The number of oxazole rings is 2. The number of ether oxygens (including phenoxy) is 1. The number of para-hydroxylation sites is 1. The molecule has 12 nitrogen and oxygen atoms in total. The van der Waals surface area contributed by atoms with Crippen molar-refractivity contribution in [3.05, 3.63) is 82.8 Å². The second-order valence-corrected chi connectivity index (χ2v) is 14.7. The Morgan fingerprint density at radius 2 is 1.80 bits per heavy atom. The molecule has 0 aliphatic carbocycles. The van der Waals surface area contributed by atoms with E-state index in [1.54, 1.807) is 0 Å². The molecule has 0 saturated carbocycles. The average molecular weight is 669 g/mol. The zero-order valence-electron chi connectivity index (χ0n) is 29.0. The van der Waals surface area contributed by atoms with Crippen LogP contribution in [0.5, 0.6) is 5.75 Å². The Balaban J connectivity index is 0.000000540. The lowest BCUT2D eigenvalue weighted by Crippen LogP contribution is -2.40. The normalized spacial score (nSPS) is 20.5. The summed E-state index contributed by atoms with van der Waals surface area (Å²) in [6.07, 6.45) is 2.19. The van der Waals surface area contributed by atoms with Crippen LogP contribution >= 0.6 is 0 Å². The molecule has 4 bridgehead atoms. The number of nitrogens with zero attached hydrogens (tertiary/aromatic N) is 2. The van der Waals surface area contributed by atoms with Crippen LogP contribution in [0.3, 0.4) is 0 Å². The molecule has 4 aromatic rings. The molecule has 2 aromatic heterocycles. The third kappa shape index (κ3) is 6.39. The number of hydrogen-bond acceptors (Lipinski definition) is 9. The van der Waals surface area contributed by atoms with Crippen molar-refractivity contribution in [3.63, 3.8) is 0 Å². The number of benzene rings is 2. The Kier molecular flexibility index (Phi) is 8.76. The predicted molar refractivity (Wildman–Crippen MR) is 183 cm³/mol. The van der Waals surface area contributed by atoms with Crippen molar-refractivity contribution in [1.29, 1.82) is 0 Å². The van der Waals surface area contributed by atoms with Crippen LogP contribution in [0.25, 0.3) is 11.6 Å². The van der Waals surface area contributed by atoms with Crippen molar-refractivity contribution >= 4 is 23.4 Å². The minimum absolute atomic E-state index is 0.0237. The molecule has 0 fully saturated rings. The highest BCUT2D eigenvalue weighted by Crippen LogP contribution is 2.59. The van der Waals surface area contributed by atoms with Crippen molar-refractivity contribution in [3.8, 4) is 17.3 Å². The summed E-state index contributed by atoms with van der Waals surface area (Å²) in [5.74, 6) is 1.39. The summed E-state index contributed by atoms with van der Waals surface area (Å²) < 4.78 is 19.2. The lowest BCUT2D eigenvalue weighted by atomic mass is 9.72. The highest BCUT2D eigenvalue weighted by molar-refractivity contribution is 5.93. The molecule has 3 unspecified atom stereocenters. The molecular weight excluding hydrogens is 624 g/mol. The van der Waals surface area contributed by atoms with Crippen molar-refractivity contribution in [2.45, 2.75) is 91.0 Å². The standard InChI is InChI=1S/C32H33N5O5.C5H11NO/c1-16(2)24-29-36-25(28-33-21(15-40-28)27(39)37-31(3,4)5)26(42-29)32-18-8-6-7-9-20(18)34-30(32)41-22-12-10-17(14-19(22)32)11-13-23(38)35-24;1-4(2)3-5(6)7/h6-10,12,14-16,24,30,34H,11,13H2,1-5H3,(H,35,38)(H,37,39);4H,3H2,1-2H3,(H2,6,7). The number of fused-ring (bicyclic) bond motifs is 4. The van der Waals surface area contributed by atoms with Crippen LogP contribution in [0.2, 0.25) is 0 Å². The minimum Gasteiger partial charge on any atom is -0.469 e. The molecule has 3 aliphatic rings. The topological polar surface area (TPSA) is 175 Å². The molecule has 49 heavy (non-hydrogen) atoms. The van der Waals surface area contributed by atoms with Gasteiger partial charge in [-0.15, -0.1) is 0 Å². The summed E-state index contributed by atoms with van der Waals surface area (Å²) in [6.45, 7) is 13.6. The molecule has 0 radical (unpaired) electrons. The Labute approximate surface area is 285 Å². The summed E-state index contributed by atoms with van der Waals surface area (Å²) in [7, 11) is 0. The van der Waals surface area contributed by atoms with E-state index in [1.807, 2.05) is 78.8 Å². The number of carbonyl (C=O) groups is 3. The summed E-state index contributed by atoms with van der Waals surface area (Å²) in [6, 6.07) is 13.6. The monoisotopic (exact) mass is 668 g/mol. The van der Waals surface area contributed by atoms with Gasteiger partial charge in [-0.2, -0.15) is 0 Å². The smallest absolute Gasteiger partial charge is 0.273 e. The third-order valence-electron chi connectivity index (χ3n) is 8.67. The zero-order valence-corrected chi connectivity index (χ0v) is 29.0. The minimum atomic E-state index is -0.935. The molecule has 12 heteroatoms. The summed E-state index contributed by atoms with van der Waals surface area (Å²) in [4.78, 5) is 45.6. The van der Waals surface area contributed by atoms with E-state index in [9.17, 15) is 14.4 Å². The van der Waals surface area contributed by atoms with Gasteiger partial charge in [-0.1, -0.05) is 58.0 Å². The van der Waals surface area contributed by atoms with Gasteiger partial charge in [0.25, 0.3) is 5.91 Å². The van der Waals surface area contributed by atoms with E-state index >= 15 is 0 Å². The van der Waals surface area contributed by atoms with E-state index in [-0.39, 0.29) is 35.2 Å². The van der Waals surface area contributed by atoms with Gasteiger partial charge in [-0.3, -0.25) is 14.4 Å². The Hall–Kier alpha value is -5.13. The van der Waals surface area contributed by atoms with Crippen molar-refractivity contribution in [2.75, 3.05) is 5.32 Å². The lowest BCUT2D eigenvalue weighted by molar-refractivity contribution is -0.122. The van der Waals surface area contributed by atoms with Gasteiger partial charge < -0.3 is 35.3 Å². The van der Waals surface area contributed by atoms with Gasteiger partial charge in [0.1, 0.15) is 23.5 Å². The van der Waals surface area contributed by atoms with Gasteiger partial charge in [0.05, 0.1) is 0 Å². The zero-order chi connectivity index (χ0) is 35.2. The van der Waals surface area contributed by atoms with Gasteiger partial charge in [0.15, 0.2) is 23.4 Å². The molecule has 3 amide bonds. The summed E-state index contributed by atoms with van der Waals surface area (Å²) in [5.41, 5.74) is 7.75. The highest BCUT2D eigenvalue weighted by atomic mass is 16.5. The molecule has 3 atom stereocenters. The molecule has 3 aliphatic heterocycles. The van der Waals surface area contributed by atoms with E-state index in [1.165, 1.54) is 6.26 Å². The predicted octanol–water partition coefficient (Wildman–Crippen LogP) is 5.61. The Morgan fingerprint density at radius 1 is 1.04 bits per heavy atom. The van der Waals surface area contributed by atoms with Crippen LogP contribution in [0.15, 0.2) is 57.6 Å². The first kappa shape index (κ1) is 33.8. The first-order valence-electron chi connectivity index (χ1n) is 16.7. The largest absolute Gasteiger partial charge is 0.469 e. The van der Waals surface area contributed by atoms with Crippen LogP contribution in [0.4, 0.5) is 5.69 Å². The number of amides is 3. The summed E-state index contributed by atoms with van der Waals surface area (Å²) in [5, 5.41) is 9.60. The van der Waals surface area contributed by atoms with Gasteiger partial charge in [-0.25, -0.2) is 9.97 Å². The van der Waals surface area contributed by atoms with Crippen molar-refractivity contribution in [2.24, 2.45) is 17.6 Å². The Morgan fingerprint density at radius 3 is 2.47 bits per heavy atom. The van der Waals surface area contributed by atoms with Gasteiger partial charge in [-0.05, 0) is 62.3 Å². The van der Waals surface area contributed by atoms with Gasteiger partial charge in [0, 0.05) is 29.6 Å². The summed E-state index contributed by atoms with van der Waals surface area (Å²) >= 11 is 0. The average Bonchev–Trinajstić information content (AvgIpc) is 3.78. The molecule has 0 saturated heterocycles. The number of rotatable bonds is 5. The molecule has 7 rings (SSSR count). The number of primary amides is 1. The van der Waals surface area contributed by atoms with E-state index in [0.29, 0.717) is 48.3 Å². The van der Waals surface area contributed by atoms with Crippen LogP contribution in [0.1, 0.15) is 106 Å². The number of nitrogens with one attached hydrogen (secondary N) is 3. The van der Waals surface area contributed by atoms with E-state index in [0.717, 1.165) is 22.4 Å². The molecular formula is C37H44N6O6. The quantitative estimate of drug-likeness (QED) is 0.211. The number of carbonyl (C=O) groups excluding carboxylic acids is 3. The van der Waals surface area contributed by atoms with Gasteiger partial charge >= 0.3 is 0 Å². The van der Waals surface area contributed by atoms with E-state index in [4.69, 9.17) is 24.3 Å². The fourth-order valence-electron chi connectivity index (χ4n) is 6.57. The molecule has 5 heterocycles.